The third-order valence-corrected chi connectivity index (χ3v) is 2.86. The quantitative estimate of drug-likeness (QED) is 0.729. The fourth-order valence-electron chi connectivity index (χ4n) is 1.89. The molecule has 0 aliphatic rings. The van der Waals surface area contributed by atoms with Crippen LogP contribution in [0.25, 0.3) is 17.2 Å². The van der Waals surface area contributed by atoms with Gasteiger partial charge in [-0.1, -0.05) is 6.07 Å². The van der Waals surface area contributed by atoms with Crippen LogP contribution in [-0.2, 0) is 6.18 Å². The summed E-state index contributed by atoms with van der Waals surface area (Å²) in [5.41, 5.74) is 0.0827. The SMILES string of the molecule is COc1cccc(-c2cnc3nc(C(F)(F)F)ccn23)n1. The van der Waals surface area contributed by atoms with E-state index in [-0.39, 0.29) is 5.78 Å². The maximum absolute atomic E-state index is 12.6. The van der Waals surface area contributed by atoms with Crippen molar-refractivity contribution < 1.29 is 17.9 Å². The molecule has 0 bridgehead atoms. The molecule has 5 nitrogen and oxygen atoms in total. The third-order valence-electron chi connectivity index (χ3n) is 2.86. The number of rotatable bonds is 2. The number of alkyl halides is 3. The van der Waals surface area contributed by atoms with Crippen LogP contribution >= 0.6 is 0 Å². The van der Waals surface area contributed by atoms with Crippen LogP contribution in [0.4, 0.5) is 13.2 Å². The predicted octanol–water partition coefficient (Wildman–Crippen LogP) is 2.82. The molecular formula is C13H9F3N4O. The number of imidazole rings is 1. The van der Waals surface area contributed by atoms with E-state index in [4.69, 9.17) is 4.74 Å². The summed E-state index contributed by atoms with van der Waals surface area (Å²) in [5, 5.41) is 0. The first kappa shape index (κ1) is 13.3. The second-order valence-electron chi connectivity index (χ2n) is 4.19. The molecule has 0 amide bonds. The Bertz CT molecular complexity index is 797. The molecule has 0 atom stereocenters. The first-order valence-electron chi connectivity index (χ1n) is 5.92. The van der Waals surface area contributed by atoms with Crippen LogP contribution in [0, 0.1) is 0 Å². The highest BCUT2D eigenvalue weighted by molar-refractivity contribution is 5.58. The van der Waals surface area contributed by atoms with Gasteiger partial charge in [0.15, 0.2) is 0 Å². The van der Waals surface area contributed by atoms with Crippen LogP contribution in [0.1, 0.15) is 5.69 Å². The van der Waals surface area contributed by atoms with Crippen molar-refractivity contribution in [3.63, 3.8) is 0 Å². The van der Waals surface area contributed by atoms with Crippen molar-refractivity contribution in [1.82, 2.24) is 19.4 Å². The molecule has 0 radical (unpaired) electrons. The van der Waals surface area contributed by atoms with Crippen molar-refractivity contribution in [3.8, 4) is 17.3 Å². The highest BCUT2D eigenvalue weighted by Gasteiger charge is 2.33. The van der Waals surface area contributed by atoms with E-state index in [1.165, 1.54) is 23.9 Å². The number of hydrogen-bond acceptors (Lipinski definition) is 4. The Hall–Kier alpha value is -2.64. The number of methoxy groups -OCH3 is 1. The average molecular weight is 294 g/mol. The molecule has 21 heavy (non-hydrogen) atoms. The number of pyridine rings is 1. The van der Waals surface area contributed by atoms with Gasteiger partial charge in [-0.15, -0.1) is 0 Å². The van der Waals surface area contributed by atoms with Crippen LogP contribution < -0.4 is 4.74 Å². The van der Waals surface area contributed by atoms with Gasteiger partial charge in [-0.3, -0.25) is 4.40 Å². The summed E-state index contributed by atoms with van der Waals surface area (Å²) in [4.78, 5) is 11.6. The lowest BCUT2D eigenvalue weighted by atomic mass is 10.3. The molecule has 0 spiro atoms. The van der Waals surface area contributed by atoms with Gasteiger partial charge in [0, 0.05) is 12.3 Å². The number of halogens is 3. The summed E-state index contributed by atoms with van der Waals surface area (Å²) in [7, 11) is 1.48. The maximum atomic E-state index is 12.6. The summed E-state index contributed by atoms with van der Waals surface area (Å²) in [6.45, 7) is 0. The van der Waals surface area contributed by atoms with Crippen molar-refractivity contribution in [2.24, 2.45) is 0 Å². The third kappa shape index (κ3) is 2.39. The fraction of sp³-hybridized carbons (Fsp3) is 0.154. The Balaban J connectivity index is 2.12. The average Bonchev–Trinajstić information content (AvgIpc) is 2.89. The molecule has 3 rings (SSSR count). The minimum atomic E-state index is -4.50. The second-order valence-corrected chi connectivity index (χ2v) is 4.19. The molecule has 0 saturated carbocycles. The molecular weight excluding hydrogens is 285 g/mol. The fourth-order valence-corrected chi connectivity index (χ4v) is 1.89. The molecule has 0 aliphatic heterocycles. The van der Waals surface area contributed by atoms with Crippen molar-refractivity contribution >= 4 is 5.78 Å². The molecule has 0 aromatic carbocycles. The van der Waals surface area contributed by atoms with Gasteiger partial charge < -0.3 is 4.74 Å². The van der Waals surface area contributed by atoms with Crippen molar-refractivity contribution in [1.29, 1.82) is 0 Å². The summed E-state index contributed by atoms with van der Waals surface area (Å²) < 4.78 is 44.3. The highest BCUT2D eigenvalue weighted by atomic mass is 19.4. The Morgan fingerprint density at radius 1 is 1.14 bits per heavy atom. The molecule has 0 unspecified atom stereocenters. The molecule has 108 valence electrons. The monoisotopic (exact) mass is 294 g/mol. The Morgan fingerprint density at radius 2 is 1.95 bits per heavy atom. The van der Waals surface area contributed by atoms with E-state index in [1.807, 2.05) is 0 Å². The van der Waals surface area contributed by atoms with Gasteiger partial charge in [-0.2, -0.15) is 13.2 Å². The van der Waals surface area contributed by atoms with Gasteiger partial charge in [-0.05, 0) is 12.1 Å². The highest BCUT2D eigenvalue weighted by Crippen LogP contribution is 2.28. The van der Waals surface area contributed by atoms with Gasteiger partial charge >= 0.3 is 6.18 Å². The van der Waals surface area contributed by atoms with Crippen molar-refractivity contribution in [2.45, 2.75) is 6.18 Å². The minimum Gasteiger partial charge on any atom is -0.481 e. The van der Waals surface area contributed by atoms with E-state index < -0.39 is 11.9 Å². The summed E-state index contributed by atoms with van der Waals surface area (Å²) >= 11 is 0. The number of nitrogens with zero attached hydrogens (tertiary/aromatic N) is 4. The molecule has 0 N–H and O–H groups in total. The first-order chi connectivity index (χ1) is 9.99. The van der Waals surface area contributed by atoms with Crippen LogP contribution in [0.3, 0.4) is 0 Å². The molecule has 0 saturated heterocycles. The topological polar surface area (TPSA) is 52.3 Å². The molecule has 3 aromatic rings. The van der Waals surface area contributed by atoms with E-state index in [2.05, 4.69) is 15.0 Å². The Kier molecular flexibility index (Phi) is 3.00. The number of fused-ring (bicyclic) bond motifs is 1. The summed E-state index contributed by atoms with van der Waals surface area (Å²) in [6.07, 6.45) is -1.80. The maximum Gasteiger partial charge on any atom is 0.433 e. The second kappa shape index (κ2) is 4.72. The Labute approximate surface area is 117 Å². The molecule has 0 fully saturated rings. The molecule has 0 aliphatic carbocycles. The van der Waals surface area contributed by atoms with Gasteiger partial charge in [0.25, 0.3) is 0 Å². The van der Waals surface area contributed by atoms with E-state index in [9.17, 15) is 13.2 Å². The van der Waals surface area contributed by atoms with Crippen LogP contribution in [0.15, 0.2) is 36.7 Å². The van der Waals surface area contributed by atoms with Crippen molar-refractivity contribution in [2.75, 3.05) is 7.11 Å². The number of ether oxygens (including phenoxy) is 1. The van der Waals surface area contributed by atoms with Crippen molar-refractivity contribution in [3.05, 3.63) is 42.4 Å². The first-order valence-corrected chi connectivity index (χ1v) is 5.92. The lowest BCUT2D eigenvalue weighted by Gasteiger charge is -2.06. The predicted molar refractivity (Wildman–Crippen MR) is 67.8 cm³/mol. The van der Waals surface area contributed by atoms with Gasteiger partial charge in [0.05, 0.1) is 24.7 Å². The number of aromatic nitrogens is 4. The summed E-state index contributed by atoms with van der Waals surface area (Å²) in [5.74, 6) is 0.367. The lowest BCUT2D eigenvalue weighted by molar-refractivity contribution is -0.141. The van der Waals surface area contributed by atoms with Crippen LogP contribution in [0.2, 0.25) is 0 Å². The summed E-state index contributed by atoms with van der Waals surface area (Å²) in [6, 6.07) is 6.02. The van der Waals surface area contributed by atoms with Gasteiger partial charge in [0.1, 0.15) is 5.69 Å². The smallest absolute Gasteiger partial charge is 0.433 e. The van der Waals surface area contributed by atoms with Crippen LogP contribution in [0.5, 0.6) is 5.88 Å². The molecule has 3 aromatic heterocycles. The van der Waals surface area contributed by atoms with Crippen LogP contribution in [-0.4, -0.2) is 26.5 Å². The van der Waals surface area contributed by atoms with Gasteiger partial charge in [-0.25, -0.2) is 15.0 Å². The Morgan fingerprint density at radius 3 is 2.67 bits per heavy atom. The minimum absolute atomic E-state index is 0.0376. The van der Waals surface area contributed by atoms with E-state index >= 15 is 0 Å². The largest absolute Gasteiger partial charge is 0.481 e. The normalized spacial score (nSPS) is 11.8. The molecule has 3 heterocycles. The zero-order valence-corrected chi connectivity index (χ0v) is 10.8. The lowest BCUT2D eigenvalue weighted by Crippen LogP contribution is -2.09. The zero-order valence-electron chi connectivity index (χ0n) is 10.8. The number of hydrogen-bond donors (Lipinski definition) is 0. The zero-order chi connectivity index (χ0) is 15.0. The van der Waals surface area contributed by atoms with Gasteiger partial charge in [0.2, 0.25) is 11.7 Å². The van der Waals surface area contributed by atoms with E-state index in [1.54, 1.807) is 18.2 Å². The molecule has 8 heteroatoms. The standard InChI is InChI=1S/C13H9F3N4O/c1-21-11-4-2-3-8(18-11)9-7-17-12-19-10(13(14,15)16)5-6-20(9)12/h2-7H,1H3. The van der Waals surface area contributed by atoms with E-state index in [0.717, 1.165) is 6.07 Å². The van der Waals surface area contributed by atoms with E-state index in [0.29, 0.717) is 17.3 Å².